The lowest BCUT2D eigenvalue weighted by Crippen LogP contribution is -2.40. The van der Waals surface area contributed by atoms with Gasteiger partial charge in [0.05, 0.1) is 0 Å². The average molecular weight is 433 g/mol. The predicted molar refractivity (Wildman–Crippen MR) is 119 cm³/mol. The number of carbonyl (C=O) groups is 1. The van der Waals surface area contributed by atoms with Crippen molar-refractivity contribution in [2.45, 2.75) is 51.4 Å². The van der Waals surface area contributed by atoms with Crippen LogP contribution in [0.4, 0.5) is 5.13 Å². The van der Waals surface area contributed by atoms with Gasteiger partial charge in [0.2, 0.25) is 11.0 Å². The van der Waals surface area contributed by atoms with Gasteiger partial charge in [-0.15, -0.1) is 0 Å². The first-order valence-corrected chi connectivity index (χ1v) is 11.9. The van der Waals surface area contributed by atoms with E-state index in [4.69, 9.17) is 16.6 Å². The van der Waals surface area contributed by atoms with E-state index in [0.717, 1.165) is 67.7 Å². The predicted octanol–water partition coefficient (Wildman–Crippen LogP) is 4.70. The number of nitrogens with zero attached hydrogens (tertiary/aromatic N) is 3. The number of halogens is 1. The second-order valence-electron chi connectivity index (χ2n) is 8.31. The monoisotopic (exact) mass is 432 g/mol. The highest BCUT2D eigenvalue weighted by molar-refractivity contribution is 7.09. The van der Waals surface area contributed by atoms with E-state index in [-0.39, 0.29) is 11.8 Å². The molecule has 5 nitrogen and oxygen atoms in total. The van der Waals surface area contributed by atoms with Crippen LogP contribution in [-0.4, -0.2) is 34.9 Å². The van der Waals surface area contributed by atoms with E-state index in [2.05, 4.69) is 14.6 Å². The quantitative estimate of drug-likeness (QED) is 0.719. The van der Waals surface area contributed by atoms with E-state index in [1.54, 1.807) is 0 Å². The fourth-order valence-electron chi connectivity index (χ4n) is 4.31. The summed E-state index contributed by atoms with van der Waals surface area (Å²) in [6, 6.07) is 7.86. The van der Waals surface area contributed by atoms with Crippen LogP contribution in [-0.2, 0) is 11.2 Å². The van der Waals surface area contributed by atoms with E-state index in [1.165, 1.54) is 36.4 Å². The molecular weight excluding hydrogens is 404 g/mol. The summed E-state index contributed by atoms with van der Waals surface area (Å²) in [6.45, 7) is 2.79. The number of anilines is 1. The minimum absolute atomic E-state index is 0.254. The Morgan fingerprint density at radius 1 is 1.10 bits per heavy atom. The van der Waals surface area contributed by atoms with Gasteiger partial charge >= 0.3 is 0 Å². The van der Waals surface area contributed by atoms with Crippen molar-refractivity contribution in [1.82, 2.24) is 14.7 Å². The lowest BCUT2D eigenvalue weighted by atomic mass is 9.88. The van der Waals surface area contributed by atoms with Gasteiger partial charge in [0.25, 0.3) is 0 Å². The molecule has 29 heavy (non-hydrogen) atoms. The average Bonchev–Trinajstić information content (AvgIpc) is 3.23. The third kappa shape index (κ3) is 5.70. The molecule has 2 aliphatic rings. The van der Waals surface area contributed by atoms with Crippen LogP contribution >= 0.6 is 23.1 Å². The van der Waals surface area contributed by atoms with Crippen molar-refractivity contribution in [3.05, 3.63) is 40.7 Å². The van der Waals surface area contributed by atoms with Crippen LogP contribution in [0.5, 0.6) is 0 Å². The van der Waals surface area contributed by atoms with Gasteiger partial charge in [-0.1, -0.05) is 43.0 Å². The Hall–Kier alpha value is -1.66. The van der Waals surface area contributed by atoms with Crippen molar-refractivity contribution in [1.29, 1.82) is 0 Å². The molecule has 1 saturated carbocycles. The van der Waals surface area contributed by atoms with Crippen molar-refractivity contribution >= 4 is 34.2 Å². The summed E-state index contributed by atoms with van der Waals surface area (Å²) in [4.78, 5) is 19.4. The molecule has 1 aliphatic heterocycles. The summed E-state index contributed by atoms with van der Waals surface area (Å²) in [5.74, 6) is 1.97. The SMILES string of the molecule is O=C(NCC1CCN(c2nc(Cc3ccc(Cl)cc3)ns2)CC1)C1CCCCC1. The Bertz CT molecular complexity index is 795. The lowest BCUT2D eigenvalue weighted by molar-refractivity contribution is -0.126. The Labute approximate surface area is 182 Å². The molecule has 0 unspecified atom stereocenters. The van der Waals surface area contributed by atoms with Crippen LogP contribution < -0.4 is 10.2 Å². The molecule has 0 atom stereocenters. The van der Waals surface area contributed by atoms with E-state index in [0.29, 0.717) is 5.92 Å². The highest BCUT2D eigenvalue weighted by atomic mass is 35.5. The standard InChI is InChI=1S/C22H29ClN4OS/c23-19-8-6-16(7-9-19)14-20-25-22(29-26-20)27-12-10-17(11-13-27)15-24-21(28)18-4-2-1-3-5-18/h6-9,17-18H,1-5,10-15H2,(H,24,28). The maximum absolute atomic E-state index is 12.4. The number of benzene rings is 1. The zero-order valence-electron chi connectivity index (χ0n) is 16.8. The van der Waals surface area contributed by atoms with Crippen molar-refractivity contribution in [3.63, 3.8) is 0 Å². The first kappa shape index (κ1) is 20.6. The fourth-order valence-corrected chi connectivity index (χ4v) is 5.17. The van der Waals surface area contributed by atoms with Crippen molar-refractivity contribution in [2.75, 3.05) is 24.5 Å². The van der Waals surface area contributed by atoms with E-state index < -0.39 is 0 Å². The van der Waals surface area contributed by atoms with Gasteiger partial charge in [-0.2, -0.15) is 4.37 Å². The van der Waals surface area contributed by atoms with Gasteiger partial charge in [-0.05, 0) is 49.3 Å². The van der Waals surface area contributed by atoms with Crippen LogP contribution in [0.15, 0.2) is 24.3 Å². The Morgan fingerprint density at radius 3 is 2.55 bits per heavy atom. The second kappa shape index (κ2) is 9.90. The molecule has 1 aromatic carbocycles. The minimum atomic E-state index is 0.254. The van der Waals surface area contributed by atoms with Crippen molar-refractivity contribution < 1.29 is 4.79 Å². The van der Waals surface area contributed by atoms with Crippen LogP contribution in [0.2, 0.25) is 5.02 Å². The number of amides is 1. The van der Waals surface area contributed by atoms with Gasteiger partial charge in [0, 0.05) is 48.5 Å². The van der Waals surface area contributed by atoms with Crippen molar-refractivity contribution in [3.8, 4) is 0 Å². The number of nitrogens with one attached hydrogen (secondary N) is 1. The minimum Gasteiger partial charge on any atom is -0.356 e. The number of aromatic nitrogens is 2. The molecule has 2 heterocycles. The molecule has 156 valence electrons. The Morgan fingerprint density at radius 2 is 1.83 bits per heavy atom. The Kier molecular flexibility index (Phi) is 7.03. The molecule has 1 amide bonds. The summed E-state index contributed by atoms with van der Waals surface area (Å²) < 4.78 is 4.54. The molecule has 1 saturated heterocycles. The van der Waals surface area contributed by atoms with Gasteiger partial charge in [0.15, 0.2) is 0 Å². The highest BCUT2D eigenvalue weighted by Gasteiger charge is 2.25. The van der Waals surface area contributed by atoms with E-state index in [1.807, 2.05) is 24.3 Å². The molecular formula is C22H29ClN4OS. The van der Waals surface area contributed by atoms with Crippen LogP contribution in [0.3, 0.4) is 0 Å². The number of piperidine rings is 1. The molecule has 0 radical (unpaired) electrons. The summed E-state index contributed by atoms with van der Waals surface area (Å²) in [5, 5.41) is 4.98. The van der Waals surface area contributed by atoms with Crippen LogP contribution in [0.25, 0.3) is 0 Å². The number of carbonyl (C=O) groups excluding carboxylic acids is 1. The summed E-state index contributed by atoms with van der Waals surface area (Å²) in [6.07, 6.45) is 8.76. The lowest BCUT2D eigenvalue weighted by Gasteiger charge is -2.32. The fraction of sp³-hybridized carbons (Fsp3) is 0.591. The third-order valence-corrected chi connectivity index (χ3v) is 7.23. The molecule has 4 rings (SSSR count). The number of hydrogen-bond donors (Lipinski definition) is 1. The van der Waals surface area contributed by atoms with Crippen molar-refractivity contribution in [2.24, 2.45) is 11.8 Å². The maximum atomic E-state index is 12.4. The molecule has 1 N–H and O–H groups in total. The zero-order valence-corrected chi connectivity index (χ0v) is 18.4. The van der Waals surface area contributed by atoms with E-state index >= 15 is 0 Å². The first-order chi connectivity index (χ1) is 14.2. The smallest absolute Gasteiger partial charge is 0.223 e. The van der Waals surface area contributed by atoms with Gasteiger partial charge in [-0.25, -0.2) is 4.98 Å². The summed E-state index contributed by atoms with van der Waals surface area (Å²) >= 11 is 7.44. The first-order valence-electron chi connectivity index (χ1n) is 10.8. The van der Waals surface area contributed by atoms with Crippen LogP contribution in [0, 0.1) is 11.8 Å². The van der Waals surface area contributed by atoms with E-state index in [9.17, 15) is 4.79 Å². The molecule has 1 aliphatic carbocycles. The Balaban J connectivity index is 1.22. The number of rotatable bonds is 6. The molecule has 2 aromatic rings. The molecule has 1 aromatic heterocycles. The van der Waals surface area contributed by atoms with Gasteiger partial charge in [0.1, 0.15) is 5.82 Å². The molecule has 0 bridgehead atoms. The summed E-state index contributed by atoms with van der Waals surface area (Å²) in [5.41, 5.74) is 1.17. The maximum Gasteiger partial charge on any atom is 0.223 e. The van der Waals surface area contributed by atoms with Gasteiger partial charge < -0.3 is 10.2 Å². The molecule has 2 fully saturated rings. The zero-order chi connectivity index (χ0) is 20.1. The molecule has 0 spiro atoms. The largest absolute Gasteiger partial charge is 0.356 e. The normalized spacial score (nSPS) is 18.7. The highest BCUT2D eigenvalue weighted by Crippen LogP contribution is 2.26. The molecule has 7 heteroatoms. The van der Waals surface area contributed by atoms with Crippen LogP contribution in [0.1, 0.15) is 56.3 Å². The summed E-state index contributed by atoms with van der Waals surface area (Å²) in [7, 11) is 0. The second-order valence-corrected chi connectivity index (χ2v) is 9.47. The number of hydrogen-bond acceptors (Lipinski definition) is 5. The third-order valence-electron chi connectivity index (χ3n) is 6.16. The topological polar surface area (TPSA) is 58.1 Å². The van der Waals surface area contributed by atoms with Gasteiger partial charge in [-0.3, -0.25) is 4.79 Å².